The summed E-state index contributed by atoms with van der Waals surface area (Å²) in [6.45, 7) is 1.94. The summed E-state index contributed by atoms with van der Waals surface area (Å²) in [6.07, 6.45) is 0. The summed E-state index contributed by atoms with van der Waals surface area (Å²) in [5.41, 5.74) is 15.1. The third kappa shape index (κ3) is 3.01. The van der Waals surface area contributed by atoms with Crippen molar-refractivity contribution in [1.29, 1.82) is 0 Å². The summed E-state index contributed by atoms with van der Waals surface area (Å²) in [5.74, 6) is 0.594. The van der Waals surface area contributed by atoms with Crippen molar-refractivity contribution in [1.82, 2.24) is 0 Å². The molecule has 0 aliphatic heterocycles. The molecule has 0 aliphatic rings. The standard InChI is InChI=1S/C14H16N4O/c1-9-7-10(15)3-5-12(9)17-18-13-6-4-11(16)8-14(13)19-2/h3-8H,15-16H2,1-2H3/b18-17+. The number of benzene rings is 2. The molecule has 2 aromatic carbocycles. The third-order valence-corrected chi connectivity index (χ3v) is 2.69. The van der Waals surface area contributed by atoms with Gasteiger partial charge in [-0.05, 0) is 42.8 Å². The maximum Gasteiger partial charge on any atom is 0.148 e. The summed E-state index contributed by atoms with van der Waals surface area (Å²) < 4.78 is 5.21. The van der Waals surface area contributed by atoms with Crippen molar-refractivity contribution < 1.29 is 4.74 Å². The van der Waals surface area contributed by atoms with Gasteiger partial charge in [-0.2, -0.15) is 5.11 Å². The summed E-state index contributed by atoms with van der Waals surface area (Å²) >= 11 is 0. The number of hydrogen-bond donors (Lipinski definition) is 2. The van der Waals surface area contributed by atoms with Gasteiger partial charge >= 0.3 is 0 Å². The van der Waals surface area contributed by atoms with E-state index < -0.39 is 0 Å². The normalized spacial score (nSPS) is 10.8. The summed E-state index contributed by atoms with van der Waals surface area (Å²) in [4.78, 5) is 0. The van der Waals surface area contributed by atoms with Gasteiger partial charge < -0.3 is 16.2 Å². The molecular formula is C14H16N4O. The first-order valence-corrected chi connectivity index (χ1v) is 5.81. The second kappa shape index (κ2) is 5.39. The molecule has 0 radical (unpaired) electrons. The lowest BCUT2D eigenvalue weighted by Gasteiger charge is -2.04. The molecule has 0 amide bonds. The van der Waals surface area contributed by atoms with Gasteiger partial charge in [0.25, 0.3) is 0 Å². The topological polar surface area (TPSA) is 86.0 Å². The molecule has 5 heteroatoms. The number of azo groups is 1. The first kappa shape index (κ1) is 12.9. The Hall–Kier alpha value is -2.56. The molecule has 0 aromatic heterocycles. The summed E-state index contributed by atoms with van der Waals surface area (Å²) in [7, 11) is 1.57. The predicted octanol–water partition coefficient (Wildman–Crippen LogP) is 3.58. The lowest BCUT2D eigenvalue weighted by molar-refractivity contribution is 0.416. The Morgan fingerprint density at radius 1 is 0.895 bits per heavy atom. The van der Waals surface area contributed by atoms with Crippen LogP contribution in [0.4, 0.5) is 22.7 Å². The number of rotatable bonds is 3. The maximum absolute atomic E-state index is 5.69. The molecule has 19 heavy (non-hydrogen) atoms. The van der Waals surface area contributed by atoms with Gasteiger partial charge in [-0.15, -0.1) is 5.11 Å². The lowest BCUT2D eigenvalue weighted by atomic mass is 10.2. The molecule has 98 valence electrons. The highest BCUT2D eigenvalue weighted by molar-refractivity contribution is 5.59. The molecule has 0 bridgehead atoms. The van der Waals surface area contributed by atoms with Crippen LogP contribution in [0.3, 0.4) is 0 Å². The molecule has 0 unspecified atom stereocenters. The fourth-order valence-electron chi connectivity index (χ4n) is 1.68. The fourth-order valence-corrected chi connectivity index (χ4v) is 1.68. The minimum atomic E-state index is 0.594. The monoisotopic (exact) mass is 256 g/mol. The molecular weight excluding hydrogens is 240 g/mol. The van der Waals surface area contributed by atoms with E-state index in [4.69, 9.17) is 16.2 Å². The number of nitrogens with zero attached hydrogens (tertiary/aromatic N) is 2. The molecule has 0 heterocycles. The van der Waals surface area contributed by atoms with E-state index in [2.05, 4.69) is 10.2 Å². The molecule has 0 spiro atoms. The van der Waals surface area contributed by atoms with E-state index in [0.29, 0.717) is 22.8 Å². The second-order valence-electron chi connectivity index (χ2n) is 4.18. The average Bonchev–Trinajstić information content (AvgIpc) is 2.39. The number of ether oxygens (including phenoxy) is 1. The van der Waals surface area contributed by atoms with E-state index in [9.17, 15) is 0 Å². The van der Waals surface area contributed by atoms with Crippen molar-refractivity contribution in [3.8, 4) is 5.75 Å². The van der Waals surface area contributed by atoms with E-state index >= 15 is 0 Å². The van der Waals surface area contributed by atoms with Crippen molar-refractivity contribution in [2.24, 2.45) is 10.2 Å². The van der Waals surface area contributed by atoms with Gasteiger partial charge in [-0.25, -0.2) is 0 Å². The van der Waals surface area contributed by atoms with Crippen LogP contribution in [0.2, 0.25) is 0 Å². The van der Waals surface area contributed by atoms with Crippen molar-refractivity contribution in [3.63, 3.8) is 0 Å². The molecule has 0 saturated carbocycles. The first-order chi connectivity index (χ1) is 9.10. The van der Waals surface area contributed by atoms with Crippen LogP contribution in [0.25, 0.3) is 0 Å². The van der Waals surface area contributed by atoms with Crippen LogP contribution in [-0.2, 0) is 0 Å². The average molecular weight is 256 g/mol. The van der Waals surface area contributed by atoms with E-state index in [0.717, 1.165) is 11.3 Å². The summed E-state index contributed by atoms with van der Waals surface area (Å²) in [6, 6.07) is 10.7. The zero-order valence-electron chi connectivity index (χ0n) is 10.9. The van der Waals surface area contributed by atoms with Gasteiger partial charge in [0, 0.05) is 17.4 Å². The van der Waals surface area contributed by atoms with Gasteiger partial charge in [0.15, 0.2) is 0 Å². The maximum atomic E-state index is 5.69. The first-order valence-electron chi connectivity index (χ1n) is 5.81. The van der Waals surface area contributed by atoms with E-state index in [1.54, 1.807) is 31.4 Å². The number of aryl methyl sites for hydroxylation is 1. The van der Waals surface area contributed by atoms with Gasteiger partial charge in [-0.3, -0.25) is 0 Å². The van der Waals surface area contributed by atoms with Crippen LogP contribution in [0.15, 0.2) is 46.6 Å². The fraction of sp³-hybridized carbons (Fsp3) is 0.143. The molecule has 0 fully saturated rings. The molecule has 2 aromatic rings. The van der Waals surface area contributed by atoms with Crippen LogP contribution >= 0.6 is 0 Å². The quantitative estimate of drug-likeness (QED) is 0.650. The van der Waals surface area contributed by atoms with Gasteiger partial charge in [0.2, 0.25) is 0 Å². The zero-order valence-corrected chi connectivity index (χ0v) is 10.9. The Bertz CT molecular complexity index is 623. The molecule has 0 saturated heterocycles. The lowest BCUT2D eigenvalue weighted by Crippen LogP contribution is -1.88. The molecule has 2 rings (SSSR count). The Morgan fingerprint density at radius 2 is 1.47 bits per heavy atom. The minimum absolute atomic E-state index is 0.594. The highest BCUT2D eigenvalue weighted by Gasteiger charge is 2.03. The zero-order chi connectivity index (χ0) is 13.8. The van der Waals surface area contributed by atoms with Crippen molar-refractivity contribution in [2.75, 3.05) is 18.6 Å². The molecule has 0 aliphatic carbocycles. The third-order valence-electron chi connectivity index (χ3n) is 2.69. The van der Waals surface area contributed by atoms with Crippen LogP contribution in [-0.4, -0.2) is 7.11 Å². The Balaban J connectivity index is 2.32. The van der Waals surface area contributed by atoms with Gasteiger partial charge in [0.1, 0.15) is 11.4 Å². The smallest absolute Gasteiger partial charge is 0.148 e. The second-order valence-corrected chi connectivity index (χ2v) is 4.18. The minimum Gasteiger partial charge on any atom is -0.494 e. The molecule has 4 N–H and O–H groups in total. The van der Waals surface area contributed by atoms with Crippen molar-refractivity contribution >= 4 is 22.7 Å². The highest BCUT2D eigenvalue weighted by Crippen LogP contribution is 2.31. The number of hydrogen-bond acceptors (Lipinski definition) is 5. The van der Waals surface area contributed by atoms with Crippen molar-refractivity contribution in [3.05, 3.63) is 42.0 Å². The van der Waals surface area contributed by atoms with Gasteiger partial charge in [-0.1, -0.05) is 0 Å². The number of nitrogens with two attached hydrogens (primary N) is 2. The summed E-state index contributed by atoms with van der Waals surface area (Å²) in [5, 5.41) is 8.39. The number of methoxy groups -OCH3 is 1. The SMILES string of the molecule is COc1cc(N)ccc1/N=N/c1ccc(N)cc1C. The number of anilines is 2. The largest absolute Gasteiger partial charge is 0.494 e. The number of nitrogen functional groups attached to an aromatic ring is 2. The van der Waals surface area contributed by atoms with Gasteiger partial charge in [0.05, 0.1) is 12.8 Å². The predicted molar refractivity (Wildman–Crippen MR) is 77.2 cm³/mol. The van der Waals surface area contributed by atoms with E-state index in [1.807, 2.05) is 19.1 Å². The van der Waals surface area contributed by atoms with Crippen LogP contribution in [0.1, 0.15) is 5.56 Å². The Morgan fingerprint density at radius 3 is 2.11 bits per heavy atom. The van der Waals surface area contributed by atoms with E-state index in [1.165, 1.54) is 0 Å². The van der Waals surface area contributed by atoms with Crippen molar-refractivity contribution in [2.45, 2.75) is 6.92 Å². The Kier molecular flexibility index (Phi) is 3.66. The van der Waals surface area contributed by atoms with Crippen LogP contribution in [0, 0.1) is 6.92 Å². The highest BCUT2D eigenvalue weighted by atomic mass is 16.5. The van der Waals surface area contributed by atoms with Crippen LogP contribution in [0.5, 0.6) is 5.75 Å². The van der Waals surface area contributed by atoms with E-state index in [-0.39, 0.29) is 0 Å². The molecule has 5 nitrogen and oxygen atoms in total. The Labute approximate surface area is 111 Å². The molecule has 0 atom stereocenters. The van der Waals surface area contributed by atoms with Crippen LogP contribution < -0.4 is 16.2 Å².